The molecular formula is C15H12O2S. The Hall–Kier alpha value is -1.87. The number of thiophene rings is 1. The molecule has 0 N–H and O–H groups in total. The third kappa shape index (κ3) is 2.22. The predicted octanol–water partition coefficient (Wildman–Crippen LogP) is 3.82. The van der Waals surface area contributed by atoms with Gasteiger partial charge in [-0.05, 0) is 17.5 Å². The molecule has 18 heavy (non-hydrogen) atoms. The highest BCUT2D eigenvalue weighted by Crippen LogP contribution is 2.33. The maximum absolute atomic E-state index is 11.7. The highest BCUT2D eigenvalue weighted by atomic mass is 32.1. The van der Waals surface area contributed by atoms with Crippen molar-refractivity contribution in [2.45, 2.75) is 12.3 Å². The number of cyclic esters (lactones) is 1. The molecule has 0 unspecified atom stereocenters. The molecule has 2 nitrogen and oxygen atoms in total. The van der Waals surface area contributed by atoms with Crippen molar-refractivity contribution >= 4 is 23.1 Å². The van der Waals surface area contributed by atoms with Crippen molar-refractivity contribution in [3.05, 3.63) is 64.4 Å². The number of allylic oxidation sites excluding steroid dienone is 1. The van der Waals surface area contributed by atoms with E-state index in [1.165, 1.54) is 4.88 Å². The molecule has 2 heterocycles. The lowest BCUT2D eigenvalue weighted by Gasteiger charge is -2.19. The van der Waals surface area contributed by atoms with Crippen LogP contribution in [-0.2, 0) is 9.53 Å². The summed E-state index contributed by atoms with van der Waals surface area (Å²) in [6, 6.07) is 13.8. The molecule has 1 atom stereocenters. The van der Waals surface area contributed by atoms with Crippen molar-refractivity contribution in [3.8, 4) is 0 Å². The molecule has 3 heteroatoms. The van der Waals surface area contributed by atoms with Gasteiger partial charge in [-0.3, -0.25) is 4.79 Å². The van der Waals surface area contributed by atoms with Gasteiger partial charge in [-0.1, -0.05) is 36.4 Å². The number of hydrogen-bond acceptors (Lipinski definition) is 3. The quantitative estimate of drug-likeness (QED) is 0.763. The third-order valence-corrected chi connectivity index (χ3v) is 3.93. The van der Waals surface area contributed by atoms with Gasteiger partial charge in [0.1, 0.15) is 5.76 Å². The molecule has 0 radical (unpaired) electrons. The fourth-order valence-electron chi connectivity index (χ4n) is 2.06. The van der Waals surface area contributed by atoms with Crippen LogP contribution in [0.3, 0.4) is 0 Å². The zero-order valence-electron chi connectivity index (χ0n) is 9.71. The van der Waals surface area contributed by atoms with Gasteiger partial charge in [-0.25, -0.2) is 0 Å². The summed E-state index contributed by atoms with van der Waals surface area (Å²) in [7, 11) is 0. The Morgan fingerprint density at radius 2 is 1.94 bits per heavy atom. The first-order valence-electron chi connectivity index (χ1n) is 5.84. The Bertz CT molecular complexity index is 570. The Labute approximate surface area is 110 Å². The SMILES string of the molecule is O=C1C[C@@H](c2cccs2)C=C(c2ccccc2)O1. The number of carbonyl (C=O) groups is 1. The molecule has 1 aromatic carbocycles. The second-order valence-corrected chi connectivity index (χ2v) is 5.18. The van der Waals surface area contributed by atoms with E-state index >= 15 is 0 Å². The normalized spacial score (nSPS) is 19.2. The minimum atomic E-state index is -0.158. The van der Waals surface area contributed by atoms with Crippen LogP contribution >= 0.6 is 11.3 Å². The van der Waals surface area contributed by atoms with Crippen LogP contribution in [0, 0.1) is 0 Å². The molecule has 0 aliphatic carbocycles. The Balaban J connectivity index is 1.97. The molecule has 90 valence electrons. The fourth-order valence-corrected chi connectivity index (χ4v) is 2.86. The number of carbonyl (C=O) groups excluding carboxylic acids is 1. The van der Waals surface area contributed by atoms with Gasteiger partial charge < -0.3 is 4.74 Å². The topological polar surface area (TPSA) is 26.3 Å². The van der Waals surface area contributed by atoms with Gasteiger partial charge in [0, 0.05) is 16.4 Å². The van der Waals surface area contributed by atoms with Crippen molar-refractivity contribution in [3.63, 3.8) is 0 Å². The summed E-state index contributed by atoms with van der Waals surface area (Å²) in [5, 5.41) is 2.03. The number of rotatable bonds is 2. The van der Waals surface area contributed by atoms with Crippen LogP contribution in [0.5, 0.6) is 0 Å². The third-order valence-electron chi connectivity index (χ3n) is 2.93. The van der Waals surface area contributed by atoms with E-state index in [9.17, 15) is 4.79 Å². The van der Waals surface area contributed by atoms with Crippen molar-refractivity contribution < 1.29 is 9.53 Å². The lowest BCUT2D eigenvalue weighted by molar-refractivity contribution is -0.137. The fraction of sp³-hybridized carbons (Fsp3) is 0.133. The van der Waals surface area contributed by atoms with Gasteiger partial charge >= 0.3 is 5.97 Å². The minimum Gasteiger partial charge on any atom is -0.426 e. The molecule has 0 amide bonds. The van der Waals surface area contributed by atoms with Gasteiger partial charge in [0.2, 0.25) is 0 Å². The lowest BCUT2D eigenvalue weighted by Crippen LogP contribution is -2.14. The maximum Gasteiger partial charge on any atom is 0.312 e. The molecule has 1 aromatic heterocycles. The minimum absolute atomic E-state index is 0.140. The highest BCUT2D eigenvalue weighted by Gasteiger charge is 2.24. The summed E-state index contributed by atoms with van der Waals surface area (Å²) in [5.74, 6) is 0.654. The van der Waals surface area contributed by atoms with E-state index in [0.29, 0.717) is 12.2 Å². The van der Waals surface area contributed by atoms with Gasteiger partial charge in [0.15, 0.2) is 0 Å². The molecule has 0 bridgehead atoms. The largest absolute Gasteiger partial charge is 0.426 e. The van der Waals surface area contributed by atoms with E-state index in [4.69, 9.17) is 4.74 Å². The van der Waals surface area contributed by atoms with Crippen LogP contribution in [-0.4, -0.2) is 5.97 Å². The Morgan fingerprint density at radius 1 is 1.11 bits per heavy atom. The summed E-state index contributed by atoms with van der Waals surface area (Å²) in [6.45, 7) is 0. The molecule has 0 saturated carbocycles. The zero-order valence-corrected chi connectivity index (χ0v) is 10.5. The number of hydrogen-bond donors (Lipinski definition) is 0. The van der Waals surface area contributed by atoms with Crippen molar-refractivity contribution in [1.82, 2.24) is 0 Å². The zero-order chi connectivity index (χ0) is 12.4. The summed E-state index contributed by atoms with van der Waals surface area (Å²) >= 11 is 1.68. The van der Waals surface area contributed by atoms with Crippen LogP contribution in [0.15, 0.2) is 53.9 Å². The first kappa shape index (κ1) is 11.2. The number of esters is 1. The van der Waals surface area contributed by atoms with Crippen LogP contribution in [0.1, 0.15) is 22.8 Å². The molecule has 0 spiro atoms. The van der Waals surface area contributed by atoms with Crippen LogP contribution in [0.4, 0.5) is 0 Å². The molecule has 3 rings (SSSR count). The molecule has 1 aliphatic rings. The molecule has 0 fully saturated rings. The molecule has 0 saturated heterocycles. The van der Waals surface area contributed by atoms with E-state index < -0.39 is 0 Å². The van der Waals surface area contributed by atoms with E-state index in [1.807, 2.05) is 47.9 Å². The van der Waals surface area contributed by atoms with E-state index in [2.05, 4.69) is 6.07 Å². The summed E-state index contributed by atoms with van der Waals surface area (Å²) in [5.41, 5.74) is 0.951. The Morgan fingerprint density at radius 3 is 2.67 bits per heavy atom. The smallest absolute Gasteiger partial charge is 0.312 e. The summed E-state index contributed by atoms with van der Waals surface area (Å²) in [6.07, 6.45) is 2.47. The van der Waals surface area contributed by atoms with Crippen molar-refractivity contribution in [1.29, 1.82) is 0 Å². The summed E-state index contributed by atoms with van der Waals surface area (Å²) in [4.78, 5) is 12.9. The average molecular weight is 256 g/mol. The van der Waals surface area contributed by atoms with Crippen LogP contribution in [0.2, 0.25) is 0 Å². The predicted molar refractivity (Wildman–Crippen MR) is 72.2 cm³/mol. The Kier molecular flexibility index (Phi) is 2.99. The maximum atomic E-state index is 11.7. The summed E-state index contributed by atoms with van der Waals surface area (Å²) < 4.78 is 5.33. The van der Waals surface area contributed by atoms with Gasteiger partial charge in [-0.2, -0.15) is 0 Å². The second kappa shape index (κ2) is 4.78. The van der Waals surface area contributed by atoms with E-state index in [1.54, 1.807) is 11.3 Å². The number of benzene rings is 1. The first-order valence-corrected chi connectivity index (χ1v) is 6.72. The van der Waals surface area contributed by atoms with Crippen molar-refractivity contribution in [2.75, 3.05) is 0 Å². The first-order chi connectivity index (χ1) is 8.83. The second-order valence-electron chi connectivity index (χ2n) is 4.20. The van der Waals surface area contributed by atoms with Gasteiger partial charge in [0.25, 0.3) is 0 Å². The standard InChI is InChI=1S/C15H12O2S/c16-15-10-12(14-7-4-8-18-14)9-13(17-15)11-5-2-1-3-6-11/h1-9,12H,10H2/t12-/m0/s1. The monoisotopic (exact) mass is 256 g/mol. The van der Waals surface area contributed by atoms with Gasteiger partial charge in [0.05, 0.1) is 6.42 Å². The van der Waals surface area contributed by atoms with Crippen LogP contribution in [0.25, 0.3) is 5.76 Å². The van der Waals surface area contributed by atoms with Gasteiger partial charge in [-0.15, -0.1) is 11.3 Å². The van der Waals surface area contributed by atoms with E-state index in [0.717, 1.165) is 5.56 Å². The average Bonchev–Trinajstić information content (AvgIpc) is 2.93. The number of ether oxygens (including phenoxy) is 1. The molecule has 2 aromatic rings. The molecule has 1 aliphatic heterocycles. The molecular weight excluding hydrogens is 244 g/mol. The van der Waals surface area contributed by atoms with Crippen LogP contribution < -0.4 is 0 Å². The lowest BCUT2D eigenvalue weighted by atomic mass is 9.98. The highest BCUT2D eigenvalue weighted by molar-refractivity contribution is 7.10. The van der Waals surface area contributed by atoms with E-state index in [-0.39, 0.29) is 11.9 Å². The van der Waals surface area contributed by atoms with Crippen molar-refractivity contribution in [2.24, 2.45) is 0 Å².